The molecule has 4 nitrogen and oxygen atoms in total. The van der Waals surface area contributed by atoms with Gasteiger partial charge in [0, 0.05) is 6.20 Å². The van der Waals surface area contributed by atoms with Gasteiger partial charge in [0.05, 0.1) is 16.3 Å². The summed E-state index contributed by atoms with van der Waals surface area (Å²) in [5.74, 6) is -0.446. The van der Waals surface area contributed by atoms with E-state index in [4.69, 9.17) is 34.8 Å². The summed E-state index contributed by atoms with van der Waals surface area (Å²) in [5, 5.41) is 3.09. The van der Waals surface area contributed by atoms with Gasteiger partial charge in [-0.2, -0.15) is 0 Å². The molecule has 0 unspecified atom stereocenters. The molecule has 0 aliphatic rings. The van der Waals surface area contributed by atoms with Gasteiger partial charge in [-0.1, -0.05) is 35.3 Å². The SMILES string of the molecule is Cc1cccc(Cl)c1NC(=O)c1cnc(Cl)nc1Cl. The summed E-state index contributed by atoms with van der Waals surface area (Å²) in [6.07, 6.45) is 1.26. The first-order chi connectivity index (χ1) is 8.99. The zero-order valence-corrected chi connectivity index (χ0v) is 12.0. The van der Waals surface area contributed by atoms with Gasteiger partial charge >= 0.3 is 0 Å². The maximum absolute atomic E-state index is 12.1. The highest BCUT2D eigenvalue weighted by Crippen LogP contribution is 2.26. The monoisotopic (exact) mass is 315 g/mol. The number of amides is 1. The van der Waals surface area contributed by atoms with Crippen molar-refractivity contribution in [3.63, 3.8) is 0 Å². The van der Waals surface area contributed by atoms with Crippen LogP contribution < -0.4 is 5.32 Å². The van der Waals surface area contributed by atoms with Gasteiger partial charge in [0.2, 0.25) is 5.28 Å². The highest BCUT2D eigenvalue weighted by Gasteiger charge is 2.15. The molecular formula is C12H8Cl3N3O. The largest absolute Gasteiger partial charge is 0.320 e. The van der Waals surface area contributed by atoms with Crippen LogP contribution in [0, 0.1) is 6.92 Å². The molecular weight excluding hydrogens is 309 g/mol. The average Bonchev–Trinajstić information content (AvgIpc) is 2.33. The van der Waals surface area contributed by atoms with Gasteiger partial charge < -0.3 is 5.32 Å². The van der Waals surface area contributed by atoms with Crippen LogP contribution in [0.4, 0.5) is 5.69 Å². The third-order valence-corrected chi connectivity index (χ3v) is 3.20. The van der Waals surface area contributed by atoms with Crippen molar-refractivity contribution >= 4 is 46.4 Å². The van der Waals surface area contributed by atoms with Crippen molar-refractivity contribution in [2.24, 2.45) is 0 Å². The fourth-order valence-electron chi connectivity index (χ4n) is 1.46. The molecule has 0 aliphatic heterocycles. The molecule has 1 amide bonds. The lowest BCUT2D eigenvalue weighted by Gasteiger charge is -2.10. The number of aromatic nitrogens is 2. The first kappa shape index (κ1) is 14.1. The summed E-state index contributed by atoms with van der Waals surface area (Å²) < 4.78 is 0. The van der Waals surface area contributed by atoms with Crippen LogP contribution in [0.2, 0.25) is 15.5 Å². The molecule has 1 aromatic carbocycles. The highest BCUT2D eigenvalue weighted by molar-refractivity contribution is 6.36. The summed E-state index contributed by atoms with van der Waals surface area (Å²) in [5.41, 5.74) is 1.50. The Hall–Kier alpha value is -1.36. The predicted octanol–water partition coefficient (Wildman–Crippen LogP) is 4.00. The zero-order valence-electron chi connectivity index (χ0n) is 9.75. The Bertz CT molecular complexity index is 626. The van der Waals surface area contributed by atoms with Crippen molar-refractivity contribution in [3.05, 3.63) is 51.0 Å². The molecule has 0 fully saturated rings. The Morgan fingerprint density at radius 1 is 1.26 bits per heavy atom. The van der Waals surface area contributed by atoms with Crippen molar-refractivity contribution in [2.75, 3.05) is 5.32 Å². The van der Waals surface area contributed by atoms with Crippen LogP contribution in [0.5, 0.6) is 0 Å². The maximum Gasteiger partial charge on any atom is 0.260 e. The van der Waals surface area contributed by atoms with E-state index in [0.717, 1.165) is 5.56 Å². The lowest BCUT2D eigenvalue weighted by Crippen LogP contribution is -2.14. The first-order valence-electron chi connectivity index (χ1n) is 5.23. The van der Waals surface area contributed by atoms with E-state index < -0.39 is 5.91 Å². The van der Waals surface area contributed by atoms with Crippen molar-refractivity contribution in [2.45, 2.75) is 6.92 Å². The number of carbonyl (C=O) groups excluding carboxylic acids is 1. The minimum Gasteiger partial charge on any atom is -0.320 e. The van der Waals surface area contributed by atoms with Gasteiger partial charge in [0.15, 0.2) is 0 Å². The second kappa shape index (κ2) is 5.74. The smallest absolute Gasteiger partial charge is 0.260 e. The molecule has 1 heterocycles. The van der Waals surface area contributed by atoms with E-state index >= 15 is 0 Å². The second-order valence-electron chi connectivity index (χ2n) is 3.73. The van der Waals surface area contributed by atoms with Crippen LogP contribution in [0.15, 0.2) is 24.4 Å². The van der Waals surface area contributed by atoms with Gasteiger partial charge in [-0.15, -0.1) is 0 Å². The Morgan fingerprint density at radius 2 is 2.00 bits per heavy atom. The molecule has 1 N–H and O–H groups in total. The van der Waals surface area contributed by atoms with Crippen LogP contribution in [0.25, 0.3) is 0 Å². The molecule has 0 radical (unpaired) electrons. The molecule has 0 bridgehead atoms. The summed E-state index contributed by atoms with van der Waals surface area (Å²) in [6, 6.07) is 5.32. The molecule has 0 spiro atoms. The molecule has 0 saturated heterocycles. The fraction of sp³-hybridized carbons (Fsp3) is 0.0833. The van der Waals surface area contributed by atoms with E-state index in [2.05, 4.69) is 15.3 Å². The summed E-state index contributed by atoms with van der Waals surface area (Å²) in [4.78, 5) is 19.5. The molecule has 98 valence electrons. The van der Waals surface area contributed by atoms with Gasteiger partial charge in [0.1, 0.15) is 5.15 Å². The summed E-state index contributed by atoms with van der Waals surface area (Å²) >= 11 is 17.4. The zero-order chi connectivity index (χ0) is 14.0. The number of aryl methyl sites for hydroxylation is 1. The molecule has 1 aromatic heterocycles. The molecule has 7 heteroatoms. The Balaban J connectivity index is 2.31. The number of para-hydroxylation sites is 1. The quantitative estimate of drug-likeness (QED) is 0.673. The van der Waals surface area contributed by atoms with Crippen LogP contribution >= 0.6 is 34.8 Å². The number of benzene rings is 1. The van der Waals surface area contributed by atoms with Gasteiger partial charge in [0.25, 0.3) is 5.91 Å². The number of halogens is 3. The Labute approximate surface area is 124 Å². The fourth-order valence-corrected chi connectivity index (χ4v) is 2.12. The second-order valence-corrected chi connectivity index (χ2v) is 4.83. The van der Waals surface area contributed by atoms with E-state index in [9.17, 15) is 4.79 Å². The van der Waals surface area contributed by atoms with E-state index in [1.807, 2.05) is 13.0 Å². The van der Waals surface area contributed by atoms with E-state index in [-0.39, 0.29) is 16.0 Å². The van der Waals surface area contributed by atoms with Gasteiger partial charge in [-0.25, -0.2) is 9.97 Å². The van der Waals surface area contributed by atoms with Gasteiger partial charge in [-0.05, 0) is 30.2 Å². The number of anilines is 1. The Kier molecular flexibility index (Phi) is 4.24. The maximum atomic E-state index is 12.1. The number of nitrogens with one attached hydrogen (secondary N) is 1. The number of nitrogens with zero attached hydrogens (tertiary/aromatic N) is 2. The van der Waals surface area contributed by atoms with E-state index in [0.29, 0.717) is 10.7 Å². The third-order valence-electron chi connectivity index (χ3n) is 2.42. The molecule has 2 aromatic rings. The normalized spacial score (nSPS) is 10.3. The highest BCUT2D eigenvalue weighted by atomic mass is 35.5. The van der Waals surface area contributed by atoms with E-state index in [1.54, 1.807) is 12.1 Å². The van der Waals surface area contributed by atoms with Crippen molar-refractivity contribution in [1.29, 1.82) is 0 Å². The van der Waals surface area contributed by atoms with Crippen LogP contribution in [-0.2, 0) is 0 Å². The van der Waals surface area contributed by atoms with E-state index in [1.165, 1.54) is 6.20 Å². The van der Waals surface area contributed by atoms with Crippen LogP contribution in [0.1, 0.15) is 15.9 Å². The average molecular weight is 317 g/mol. The molecule has 0 aliphatic carbocycles. The lowest BCUT2D eigenvalue weighted by atomic mass is 10.2. The van der Waals surface area contributed by atoms with Crippen LogP contribution in [-0.4, -0.2) is 15.9 Å². The number of carbonyl (C=O) groups is 1. The first-order valence-corrected chi connectivity index (χ1v) is 6.37. The van der Waals surface area contributed by atoms with Crippen LogP contribution in [0.3, 0.4) is 0 Å². The Morgan fingerprint density at radius 3 is 2.63 bits per heavy atom. The minimum absolute atomic E-state index is 0.0118. The topological polar surface area (TPSA) is 54.9 Å². The lowest BCUT2D eigenvalue weighted by molar-refractivity contribution is 0.102. The van der Waals surface area contributed by atoms with Crippen molar-refractivity contribution in [1.82, 2.24) is 9.97 Å². The number of hydrogen-bond donors (Lipinski definition) is 1. The number of hydrogen-bond acceptors (Lipinski definition) is 3. The molecule has 2 rings (SSSR count). The standard InChI is InChI=1S/C12H8Cl3N3O/c1-6-3-2-4-8(13)9(6)17-11(19)7-5-16-12(15)18-10(7)14/h2-5H,1H3,(H,17,19). The van der Waals surface area contributed by atoms with Crippen molar-refractivity contribution < 1.29 is 4.79 Å². The minimum atomic E-state index is -0.446. The molecule has 19 heavy (non-hydrogen) atoms. The van der Waals surface area contributed by atoms with Gasteiger partial charge in [-0.3, -0.25) is 4.79 Å². The molecule has 0 atom stereocenters. The predicted molar refractivity (Wildman–Crippen MR) is 76.2 cm³/mol. The number of rotatable bonds is 2. The third kappa shape index (κ3) is 3.15. The molecule has 0 saturated carbocycles. The van der Waals surface area contributed by atoms with Crippen molar-refractivity contribution in [3.8, 4) is 0 Å². The summed E-state index contributed by atoms with van der Waals surface area (Å²) in [6.45, 7) is 1.83. The summed E-state index contributed by atoms with van der Waals surface area (Å²) in [7, 11) is 0.